The number of nitrogens with one attached hydrogen (secondary N) is 1. The van der Waals surface area contributed by atoms with E-state index in [-0.39, 0.29) is 22.0 Å². The van der Waals surface area contributed by atoms with Gasteiger partial charge in [0.25, 0.3) is 26.1 Å². The molecule has 0 saturated heterocycles. The Morgan fingerprint density at radius 3 is 2.10 bits per heavy atom. The van der Waals surface area contributed by atoms with Gasteiger partial charge in [0.15, 0.2) is 0 Å². The van der Waals surface area contributed by atoms with Crippen molar-refractivity contribution in [3.8, 4) is 5.75 Å². The van der Waals surface area contributed by atoms with Crippen LogP contribution in [0.2, 0.25) is 0 Å². The van der Waals surface area contributed by atoms with Crippen molar-refractivity contribution in [2.45, 2.75) is 9.79 Å². The first-order valence-corrected chi connectivity index (χ1v) is 10.7. The predicted molar refractivity (Wildman–Crippen MR) is 104 cm³/mol. The molecule has 3 aromatic rings. The van der Waals surface area contributed by atoms with Crippen LogP contribution >= 0.6 is 0 Å². The third-order valence-corrected chi connectivity index (χ3v) is 5.77. The minimum Gasteiger partial charge on any atom is -0.505 e. The Hall–Kier alpha value is -3.19. The number of rotatable bonds is 4. The maximum atomic E-state index is 12.5. The monoisotopic (exact) mass is 438 g/mol. The first-order valence-electron chi connectivity index (χ1n) is 7.80. The molecule has 0 atom stereocenters. The van der Waals surface area contributed by atoms with Gasteiger partial charge in [0.2, 0.25) is 0 Å². The highest BCUT2D eigenvalue weighted by Gasteiger charge is 2.24. The molecule has 0 unspecified atom stereocenters. The molecule has 0 radical (unpaired) electrons. The van der Waals surface area contributed by atoms with Crippen LogP contribution in [0.25, 0.3) is 10.8 Å². The molecule has 1 amide bonds. The molecule has 10 nitrogen and oxygen atoms in total. The summed E-state index contributed by atoms with van der Waals surface area (Å²) >= 11 is 0. The lowest BCUT2D eigenvalue weighted by Crippen LogP contribution is -2.13. The molecule has 0 spiro atoms. The van der Waals surface area contributed by atoms with Crippen LogP contribution in [0, 0.1) is 0 Å². The largest absolute Gasteiger partial charge is 0.505 e. The zero-order valence-electron chi connectivity index (χ0n) is 14.4. The molecule has 0 aliphatic rings. The number of fused-ring (bicyclic) bond motifs is 1. The molecule has 3 aromatic carbocycles. The normalized spacial score (nSPS) is 12.1. The number of nitrogen functional groups attached to an aromatic ring is 1. The van der Waals surface area contributed by atoms with E-state index < -0.39 is 47.4 Å². The second-order valence-electron chi connectivity index (χ2n) is 5.98. The minimum absolute atomic E-state index is 0.188. The van der Waals surface area contributed by atoms with E-state index in [1.54, 1.807) is 18.2 Å². The summed E-state index contributed by atoms with van der Waals surface area (Å²) in [7, 11) is -9.62. The maximum Gasteiger partial charge on any atom is 0.296 e. The summed E-state index contributed by atoms with van der Waals surface area (Å²) in [5.74, 6) is -1.48. The fraction of sp³-hybridized carbons (Fsp3) is 0. The van der Waals surface area contributed by atoms with E-state index >= 15 is 0 Å². The van der Waals surface area contributed by atoms with Crippen LogP contribution in [-0.2, 0) is 20.2 Å². The van der Waals surface area contributed by atoms with Crippen molar-refractivity contribution in [2.75, 3.05) is 11.1 Å². The molecule has 0 heterocycles. The molecular weight excluding hydrogens is 424 g/mol. The van der Waals surface area contributed by atoms with Crippen LogP contribution < -0.4 is 11.1 Å². The summed E-state index contributed by atoms with van der Waals surface area (Å²) in [6.45, 7) is 0. The zero-order valence-corrected chi connectivity index (χ0v) is 16.0. The summed E-state index contributed by atoms with van der Waals surface area (Å²) in [5, 5.41) is 12.4. The second-order valence-corrected chi connectivity index (χ2v) is 8.79. The average molecular weight is 438 g/mol. The van der Waals surface area contributed by atoms with Crippen LogP contribution in [0.4, 0.5) is 11.4 Å². The number of hydrogen-bond donors (Lipinski definition) is 5. The molecule has 152 valence electrons. The highest BCUT2D eigenvalue weighted by Crippen LogP contribution is 2.41. The van der Waals surface area contributed by atoms with Gasteiger partial charge in [-0.05, 0) is 35.7 Å². The molecule has 0 fully saturated rings. The Kier molecular flexibility index (Phi) is 4.96. The van der Waals surface area contributed by atoms with Crippen molar-refractivity contribution >= 4 is 48.3 Å². The zero-order chi connectivity index (χ0) is 21.6. The van der Waals surface area contributed by atoms with Gasteiger partial charge >= 0.3 is 0 Å². The summed E-state index contributed by atoms with van der Waals surface area (Å²) in [6.07, 6.45) is 0. The Morgan fingerprint density at radius 1 is 0.931 bits per heavy atom. The van der Waals surface area contributed by atoms with Crippen molar-refractivity contribution in [1.29, 1.82) is 0 Å². The topological polar surface area (TPSA) is 184 Å². The van der Waals surface area contributed by atoms with Gasteiger partial charge in [-0.25, -0.2) is 0 Å². The van der Waals surface area contributed by atoms with Crippen LogP contribution in [-0.4, -0.2) is 37.0 Å². The quantitative estimate of drug-likeness (QED) is 0.230. The Bertz CT molecular complexity index is 1350. The fourth-order valence-corrected chi connectivity index (χ4v) is 3.92. The lowest BCUT2D eigenvalue weighted by molar-refractivity contribution is 0.102. The fourth-order valence-electron chi connectivity index (χ4n) is 2.73. The number of anilines is 2. The number of carbonyl (C=O) groups excluding carboxylic acids is 1. The van der Waals surface area contributed by atoms with Crippen molar-refractivity contribution in [3.05, 3.63) is 54.1 Å². The third kappa shape index (κ3) is 4.00. The molecule has 0 aromatic heterocycles. The highest BCUT2D eigenvalue weighted by atomic mass is 32.2. The van der Waals surface area contributed by atoms with E-state index in [0.717, 1.165) is 18.2 Å². The number of hydrogen-bond acceptors (Lipinski definition) is 7. The molecule has 29 heavy (non-hydrogen) atoms. The van der Waals surface area contributed by atoms with E-state index in [0.29, 0.717) is 0 Å². The number of aromatic hydroxyl groups is 1. The summed E-state index contributed by atoms with van der Waals surface area (Å²) in [5.41, 5.74) is 4.85. The molecule has 3 rings (SSSR count). The lowest BCUT2D eigenvalue weighted by atomic mass is 10.1. The van der Waals surface area contributed by atoms with Gasteiger partial charge in [0.05, 0.1) is 16.3 Å². The van der Waals surface area contributed by atoms with Crippen LogP contribution in [0.15, 0.2) is 58.3 Å². The number of phenolic OH excluding ortho intramolecular Hbond substituents is 1. The van der Waals surface area contributed by atoms with E-state index in [1.165, 1.54) is 12.1 Å². The van der Waals surface area contributed by atoms with E-state index in [2.05, 4.69) is 5.32 Å². The molecule has 6 N–H and O–H groups in total. The maximum absolute atomic E-state index is 12.5. The molecule has 0 saturated carbocycles. The minimum atomic E-state index is -4.86. The van der Waals surface area contributed by atoms with Gasteiger partial charge in [0, 0.05) is 10.9 Å². The van der Waals surface area contributed by atoms with E-state index in [4.69, 9.17) is 5.73 Å². The third-order valence-electron chi connectivity index (χ3n) is 4.05. The number of carbonyl (C=O) groups is 1. The summed E-state index contributed by atoms with van der Waals surface area (Å²) in [4.78, 5) is 10.9. The first kappa shape index (κ1) is 20.5. The van der Waals surface area contributed by atoms with Crippen molar-refractivity contribution in [3.63, 3.8) is 0 Å². The SMILES string of the molecule is Nc1c(S(=O)(=O)O)cc2cc(S(=O)(=O)O)cc(NC(=O)c3ccccc3)c2c1O. The number of benzene rings is 3. The van der Waals surface area contributed by atoms with Crippen molar-refractivity contribution in [2.24, 2.45) is 0 Å². The van der Waals surface area contributed by atoms with Crippen molar-refractivity contribution in [1.82, 2.24) is 0 Å². The highest BCUT2D eigenvalue weighted by molar-refractivity contribution is 7.86. The Balaban J connectivity index is 2.33. The number of phenols is 1. The van der Waals surface area contributed by atoms with Gasteiger partial charge in [-0.2, -0.15) is 16.8 Å². The standard InChI is InChI=1S/C17H14N2O8S2/c18-15-13(29(25,26)27)7-10-6-11(28(22,23)24)8-12(14(10)16(15)20)19-17(21)9-4-2-1-3-5-9/h1-8,20H,18H2,(H,19,21)(H,22,23,24)(H,25,26,27). The molecule has 12 heteroatoms. The van der Waals surface area contributed by atoms with Crippen LogP contribution in [0.1, 0.15) is 10.4 Å². The van der Waals surface area contributed by atoms with Gasteiger partial charge in [-0.3, -0.25) is 13.9 Å². The van der Waals surface area contributed by atoms with Crippen LogP contribution in [0.5, 0.6) is 5.75 Å². The lowest BCUT2D eigenvalue weighted by Gasteiger charge is -2.15. The van der Waals surface area contributed by atoms with E-state index in [9.17, 15) is 35.8 Å². The Morgan fingerprint density at radius 2 is 1.55 bits per heavy atom. The number of nitrogens with two attached hydrogens (primary N) is 1. The molecule has 0 bridgehead atoms. The summed E-state index contributed by atoms with van der Waals surface area (Å²) < 4.78 is 64.9. The second kappa shape index (κ2) is 7.00. The number of amides is 1. The molecular formula is C17H14N2O8S2. The molecule has 0 aliphatic carbocycles. The Labute approximate surface area is 165 Å². The predicted octanol–water partition coefficient (Wildman–Crippen LogP) is 1.87. The molecule has 0 aliphatic heterocycles. The first-order chi connectivity index (χ1) is 13.4. The van der Waals surface area contributed by atoms with Gasteiger partial charge in [-0.15, -0.1) is 0 Å². The van der Waals surface area contributed by atoms with Crippen LogP contribution in [0.3, 0.4) is 0 Å². The smallest absolute Gasteiger partial charge is 0.296 e. The average Bonchev–Trinajstić information content (AvgIpc) is 2.63. The van der Waals surface area contributed by atoms with Gasteiger partial charge < -0.3 is 16.2 Å². The van der Waals surface area contributed by atoms with Crippen molar-refractivity contribution < 1.29 is 35.8 Å². The van der Waals surface area contributed by atoms with E-state index in [1.807, 2.05) is 0 Å². The summed E-state index contributed by atoms with van der Waals surface area (Å²) in [6, 6.07) is 10.4. The van der Waals surface area contributed by atoms with Gasteiger partial charge in [-0.1, -0.05) is 18.2 Å². The van der Waals surface area contributed by atoms with Gasteiger partial charge in [0.1, 0.15) is 10.6 Å².